The van der Waals surface area contributed by atoms with Crippen LogP contribution in [-0.4, -0.2) is 52.6 Å². The number of rotatable bonds is 7. The number of carbonyl (C=O) groups excluding carboxylic acids is 2. The molecule has 2 aromatic rings. The average molecular weight is 462 g/mol. The SMILES string of the molecule is COC(=O)C1=C(CS(=O)(=O)c2ccc(OC)cc2)NC(=O)NC1c1ccc(O)c(OC)c1. The molecular weight excluding hydrogens is 440 g/mol. The first-order chi connectivity index (χ1) is 15.2. The molecule has 0 spiro atoms. The van der Waals surface area contributed by atoms with Gasteiger partial charge in [-0.1, -0.05) is 6.07 Å². The van der Waals surface area contributed by atoms with Crippen molar-refractivity contribution in [3.63, 3.8) is 0 Å². The first kappa shape index (κ1) is 22.9. The number of ether oxygens (including phenoxy) is 3. The van der Waals surface area contributed by atoms with Crippen LogP contribution in [0.25, 0.3) is 0 Å². The number of hydrogen-bond donors (Lipinski definition) is 3. The van der Waals surface area contributed by atoms with Crippen LogP contribution in [0.5, 0.6) is 17.2 Å². The third-order valence-electron chi connectivity index (χ3n) is 4.85. The highest BCUT2D eigenvalue weighted by Crippen LogP contribution is 2.34. The fourth-order valence-electron chi connectivity index (χ4n) is 3.26. The number of esters is 1. The number of carbonyl (C=O) groups is 2. The second kappa shape index (κ2) is 9.18. The number of hydrogen-bond acceptors (Lipinski definition) is 8. The molecule has 1 heterocycles. The Morgan fingerprint density at radius 3 is 2.34 bits per heavy atom. The molecule has 0 saturated heterocycles. The fraction of sp³-hybridized carbons (Fsp3) is 0.238. The minimum Gasteiger partial charge on any atom is -0.504 e. The molecule has 10 nitrogen and oxygen atoms in total. The van der Waals surface area contributed by atoms with Gasteiger partial charge in [0.2, 0.25) is 0 Å². The van der Waals surface area contributed by atoms with Gasteiger partial charge in [0.05, 0.1) is 43.6 Å². The van der Waals surface area contributed by atoms with Crippen molar-refractivity contribution in [2.45, 2.75) is 10.9 Å². The van der Waals surface area contributed by atoms with Gasteiger partial charge in [-0.3, -0.25) is 0 Å². The van der Waals surface area contributed by atoms with Gasteiger partial charge in [-0.25, -0.2) is 18.0 Å². The summed E-state index contributed by atoms with van der Waals surface area (Å²) in [5, 5.41) is 14.9. The van der Waals surface area contributed by atoms with E-state index in [-0.39, 0.29) is 27.7 Å². The summed E-state index contributed by atoms with van der Waals surface area (Å²) in [7, 11) is 0.0214. The maximum Gasteiger partial charge on any atom is 0.338 e. The Labute approximate surface area is 184 Å². The molecule has 2 amide bonds. The van der Waals surface area contributed by atoms with E-state index in [1.165, 1.54) is 56.7 Å². The van der Waals surface area contributed by atoms with Gasteiger partial charge >= 0.3 is 12.0 Å². The number of methoxy groups -OCH3 is 3. The molecule has 11 heteroatoms. The highest BCUT2D eigenvalue weighted by atomic mass is 32.2. The largest absolute Gasteiger partial charge is 0.504 e. The van der Waals surface area contributed by atoms with Crippen LogP contribution in [0.3, 0.4) is 0 Å². The fourth-order valence-corrected chi connectivity index (χ4v) is 4.59. The number of phenolic OH excluding ortho intramolecular Hbond substituents is 1. The van der Waals surface area contributed by atoms with E-state index in [1.807, 2.05) is 0 Å². The minimum atomic E-state index is -3.94. The van der Waals surface area contributed by atoms with Crippen LogP contribution in [0.4, 0.5) is 4.79 Å². The molecule has 1 aliphatic rings. The van der Waals surface area contributed by atoms with Crippen molar-refractivity contribution in [3.8, 4) is 17.2 Å². The second-order valence-electron chi connectivity index (χ2n) is 6.78. The van der Waals surface area contributed by atoms with E-state index in [9.17, 15) is 23.1 Å². The van der Waals surface area contributed by atoms with Gasteiger partial charge in [-0.15, -0.1) is 0 Å². The van der Waals surface area contributed by atoms with Crippen LogP contribution in [-0.2, 0) is 19.4 Å². The van der Waals surface area contributed by atoms with E-state index < -0.39 is 33.6 Å². The molecule has 0 radical (unpaired) electrons. The lowest BCUT2D eigenvalue weighted by Crippen LogP contribution is -2.47. The molecule has 1 unspecified atom stereocenters. The average Bonchev–Trinajstić information content (AvgIpc) is 2.78. The number of nitrogens with one attached hydrogen (secondary N) is 2. The van der Waals surface area contributed by atoms with Crippen molar-refractivity contribution in [1.29, 1.82) is 0 Å². The van der Waals surface area contributed by atoms with E-state index in [1.54, 1.807) is 0 Å². The van der Waals surface area contributed by atoms with Crippen molar-refractivity contribution < 1.29 is 37.3 Å². The Hall–Kier alpha value is -3.73. The molecule has 1 aliphatic heterocycles. The molecule has 0 aromatic heterocycles. The molecule has 3 rings (SSSR count). The van der Waals surface area contributed by atoms with Crippen molar-refractivity contribution in [2.75, 3.05) is 27.1 Å². The molecule has 0 bridgehead atoms. The molecular formula is C21H22N2O8S. The summed E-state index contributed by atoms with van der Waals surface area (Å²) in [5.41, 5.74) is 0.180. The lowest BCUT2D eigenvalue weighted by atomic mass is 9.95. The van der Waals surface area contributed by atoms with Crippen LogP contribution in [0.2, 0.25) is 0 Å². The number of amides is 2. The second-order valence-corrected chi connectivity index (χ2v) is 8.77. The molecule has 0 saturated carbocycles. The Morgan fingerprint density at radius 1 is 1.06 bits per heavy atom. The highest BCUT2D eigenvalue weighted by Gasteiger charge is 2.36. The van der Waals surface area contributed by atoms with Gasteiger partial charge in [-0.2, -0.15) is 0 Å². The maximum atomic E-state index is 13.0. The van der Waals surface area contributed by atoms with Gasteiger partial charge in [-0.05, 0) is 42.0 Å². The molecule has 32 heavy (non-hydrogen) atoms. The molecule has 0 fully saturated rings. The van der Waals surface area contributed by atoms with Crippen molar-refractivity contribution in [3.05, 3.63) is 59.3 Å². The summed E-state index contributed by atoms with van der Waals surface area (Å²) in [4.78, 5) is 25.0. The third kappa shape index (κ3) is 4.62. The van der Waals surface area contributed by atoms with Crippen LogP contribution in [0.15, 0.2) is 58.6 Å². The monoisotopic (exact) mass is 462 g/mol. The predicted molar refractivity (Wildman–Crippen MR) is 113 cm³/mol. The third-order valence-corrected chi connectivity index (χ3v) is 6.51. The summed E-state index contributed by atoms with van der Waals surface area (Å²) in [6.07, 6.45) is 0. The van der Waals surface area contributed by atoms with Crippen molar-refractivity contribution in [2.24, 2.45) is 0 Å². The summed E-state index contributed by atoms with van der Waals surface area (Å²) in [5.74, 6) is -1.01. The van der Waals surface area contributed by atoms with Gasteiger partial charge < -0.3 is 30.0 Å². The zero-order chi connectivity index (χ0) is 23.5. The molecule has 0 aliphatic carbocycles. The summed E-state index contributed by atoms with van der Waals surface area (Å²) in [6, 6.07) is 8.25. The summed E-state index contributed by atoms with van der Waals surface area (Å²) < 4.78 is 41.0. The Morgan fingerprint density at radius 2 is 1.75 bits per heavy atom. The number of aromatic hydroxyl groups is 1. The Kier molecular flexibility index (Phi) is 6.58. The first-order valence-corrected chi connectivity index (χ1v) is 11.0. The van der Waals surface area contributed by atoms with E-state index in [4.69, 9.17) is 14.2 Å². The lowest BCUT2D eigenvalue weighted by Gasteiger charge is -2.29. The quantitative estimate of drug-likeness (QED) is 0.528. The zero-order valence-electron chi connectivity index (χ0n) is 17.5. The normalized spacial score (nSPS) is 16.1. The number of sulfone groups is 1. The minimum absolute atomic E-state index is 0.00866. The molecule has 170 valence electrons. The summed E-state index contributed by atoms with van der Waals surface area (Å²) >= 11 is 0. The Bertz CT molecular complexity index is 1170. The predicted octanol–water partition coefficient (Wildman–Crippen LogP) is 1.66. The van der Waals surface area contributed by atoms with Gasteiger partial charge in [0.1, 0.15) is 5.75 Å². The first-order valence-electron chi connectivity index (χ1n) is 9.32. The number of phenols is 1. The van der Waals surface area contributed by atoms with Gasteiger partial charge in [0.25, 0.3) is 0 Å². The van der Waals surface area contributed by atoms with Crippen molar-refractivity contribution >= 4 is 21.8 Å². The van der Waals surface area contributed by atoms with Crippen LogP contribution in [0.1, 0.15) is 11.6 Å². The standard InChI is InChI=1S/C21H22N2O8S/c1-29-13-5-7-14(8-6-13)32(27,28)11-15-18(20(25)31-3)19(23-21(26)22-15)12-4-9-16(24)17(10-12)30-2/h4-10,19,24H,11H2,1-3H3,(H2,22,23,26). The van der Waals surface area contributed by atoms with E-state index in [0.29, 0.717) is 11.3 Å². The molecule has 3 N–H and O–H groups in total. The number of benzene rings is 2. The van der Waals surface area contributed by atoms with E-state index >= 15 is 0 Å². The van der Waals surface area contributed by atoms with Crippen LogP contribution < -0.4 is 20.1 Å². The number of urea groups is 1. The highest BCUT2D eigenvalue weighted by molar-refractivity contribution is 7.91. The van der Waals surface area contributed by atoms with Crippen LogP contribution in [0, 0.1) is 0 Å². The topological polar surface area (TPSA) is 140 Å². The van der Waals surface area contributed by atoms with Gasteiger partial charge in [0, 0.05) is 5.70 Å². The summed E-state index contributed by atoms with van der Waals surface area (Å²) in [6.45, 7) is 0. The lowest BCUT2D eigenvalue weighted by molar-refractivity contribution is -0.136. The maximum absolute atomic E-state index is 13.0. The van der Waals surface area contributed by atoms with Crippen molar-refractivity contribution in [1.82, 2.24) is 10.6 Å². The molecule has 2 aromatic carbocycles. The smallest absolute Gasteiger partial charge is 0.338 e. The zero-order valence-corrected chi connectivity index (χ0v) is 18.4. The molecule has 1 atom stereocenters. The van der Waals surface area contributed by atoms with E-state index in [2.05, 4.69) is 10.6 Å². The Balaban J connectivity index is 2.09. The van der Waals surface area contributed by atoms with E-state index in [0.717, 1.165) is 7.11 Å². The van der Waals surface area contributed by atoms with Crippen LogP contribution >= 0.6 is 0 Å². The van der Waals surface area contributed by atoms with Gasteiger partial charge in [0.15, 0.2) is 21.3 Å².